The van der Waals surface area contributed by atoms with Crippen LogP contribution in [0.3, 0.4) is 0 Å². The number of hydrogen-bond acceptors (Lipinski definition) is 4. The monoisotopic (exact) mass is 440 g/mol. The van der Waals surface area contributed by atoms with E-state index in [2.05, 4.69) is 13.0 Å². The number of hydrogen-bond donors (Lipinski definition) is 0. The number of benzene rings is 2. The Bertz CT molecular complexity index is 1100. The van der Waals surface area contributed by atoms with E-state index in [4.69, 9.17) is 0 Å². The van der Waals surface area contributed by atoms with E-state index in [1.54, 1.807) is 12.1 Å². The molecule has 31 heavy (non-hydrogen) atoms. The SMILES string of the molecule is CC(=O)c1cccc(S(=O)(=O)N2CCC(C(=O)N3c4ccccc4CCC3C)CC2)c1. The van der Waals surface area contributed by atoms with Gasteiger partial charge in [0.05, 0.1) is 4.90 Å². The van der Waals surface area contributed by atoms with Crippen molar-refractivity contribution in [1.29, 1.82) is 0 Å². The number of fused-ring (bicyclic) bond motifs is 1. The molecule has 0 aromatic heterocycles. The van der Waals surface area contributed by atoms with E-state index in [0.29, 0.717) is 31.5 Å². The van der Waals surface area contributed by atoms with Crippen LogP contribution in [0.5, 0.6) is 0 Å². The van der Waals surface area contributed by atoms with Gasteiger partial charge in [-0.2, -0.15) is 4.31 Å². The lowest BCUT2D eigenvalue weighted by Gasteiger charge is -2.39. The van der Waals surface area contributed by atoms with Crippen molar-refractivity contribution in [3.8, 4) is 0 Å². The van der Waals surface area contributed by atoms with Crippen molar-refractivity contribution in [2.45, 2.75) is 50.5 Å². The van der Waals surface area contributed by atoms with Crippen LogP contribution in [0.4, 0.5) is 5.69 Å². The highest BCUT2D eigenvalue weighted by atomic mass is 32.2. The minimum Gasteiger partial charge on any atom is -0.309 e. The molecule has 0 saturated carbocycles. The maximum atomic E-state index is 13.4. The fraction of sp³-hybridized carbons (Fsp3) is 0.417. The first-order chi connectivity index (χ1) is 14.8. The molecule has 0 aliphatic carbocycles. The zero-order valence-electron chi connectivity index (χ0n) is 18.0. The van der Waals surface area contributed by atoms with Gasteiger partial charge < -0.3 is 4.90 Å². The molecule has 2 aromatic carbocycles. The number of carbonyl (C=O) groups is 2. The third-order valence-corrected chi connectivity index (χ3v) is 8.34. The minimum atomic E-state index is -3.70. The molecule has 2 heterocycles. The van der Waals surface area contributed by atoms with E-state index >= 15 is 0 Å². The Balaban J connectivity index is 1.48. The van der Waals surface area contributed by atoms with Gasteiger partial charge in [0, 0.05) is 36.3 Å². The molecule has 1 fully saturated rings. The summed E-state index contributed by atoms with van der Waals surface area (Å²) >= 11 is 0. The van der Waals surface area contributed by atoms with Crippen molar-refractivity contribution < 1.29 is 18.0 Å². The predicted molar refractivity (Wildman–Crippen MR) is 120 cm³/mol. The average molecular weight is 441 g/mol. The second kappa shape index (κ2) is 8.55. The van der Waals surface area contributed by atoms with Crippen LogP contribution in [-0.4, -0.2) is 43.5 Å². The number of piperidine rings is 1. The summed E-state index contributed by atoms with van der Waals surface area (Å²) in [5, 5.41) is 0. The zero-order valence-corrected chi connectivity index (χ0v) is 18.8. The Labute approximate surface area is 183 Å². The second-order valence-corrected chi connectivity index (χ2v) is 10.4. The minimum absolute atomic E-state index is 0.0928. The first-order valence-corrected chi connectivity index (χ1v) is 12.2. The van der Waals surface area contributed by atoms with Gasteiger partial charge in [0.25, 0.3) is 0 Å². The van der Waals surface area contributed by atoms with Crippen LogP contribution < -0.4 is 4.90 Å². The van der Waals surface area contributed by atoms with Crippen LogP contribution in [0, 0.1) is 5.92 Å². The zero-order chi connectivity index (χ0) is 22.2. The van der Waals surface area contributed by atoms with Crippen LogP contribution in [0.25, 0.3) is 0 Å². The Hall–Kier alpha value is -2.51. The third-order valence-electron chi connectivity index (χ3n) is 6.44. The summed E-state index contributed by atoms with van der Waals surface area (Å²) in [6, 6.07) is 14.3. The number of aryl methyl sites for hydroxylation is 1. The third kappa shape index (κ3) is 4.16. The van der Waals surface area contributed by atoms with Gasteiger partial charge in [-0.1, -0.05) is 30.3 Å². The van der Waals surface area contributed by atoms with Crippen LogP contribution >= 0.6 is 0 Å². The normalized spacial score (nSPS) is 20.3. The summed E-state index contributed by atoms with van der Waals surface area (Å²) in [5.41, 5.74) is 2.56. The maximum Gasteiger partial charge on any atom is 0.243 e. The van der Waals surface area contributed by atoms with E-state index in [0.717, 1.165) is 18.5 Å². The van der Waals surface area contributed by atoms with Crippen LogP contribution in [0.15, 0.2) is 53.4 Å². The van der Waals surface area contributed by atoms with Gasteiger partial charge in [-0.15, -0.1) is 0 Å². The van der Waals surface area contributed by atoms with Gasteiger partial charge in [-0.25, -0.2) is 8.42 Å². The van der Waals surface area contributed by atoms with Crippen molar-refractivity contribution in [3.05, 3.63) is 59.7 Å². The van der Waals surface area contributed by atoms with Crippen LogP contribution in [0.1, 0.15) is 49.0 Å². The van der Waals surface area contributed by atoms with E-state index in [9.17, 15) is 18.0 Å². The molecular formula is C24H28N2O4S. The molecule has 1 atom stereocenters. The Morgan fingerprint density at radius 1 is 0.968 bits per heavy atom. The fourth-order valence-electron chi connectivity index (χ4n) is 4.59. The second-order valence-electron chi connectivity index (χ2n) is 8.49. The van der Waals surface area contributed by atoms with Gasteiger partial charge in [-0.05, 0) is 63.3 Å². The molecule has 1 amide bonds. The topological polar surface area (TPSA) is 74.8 Å². The summed E-state index contributed by atoms with van der Waals surface area (Å²) in [4.78, 5) is 27.1. The highest BCUT2D eigenvalue weighted by molar-refractivity contribution is 7.89. The highest BCUT2D eigenvalue weighted by Crippen LogP contribution is 2.34. The molecule has 0 N–H and O–H groups in total. The van der Waals surface area contributed by atoms with E-state index < -0.39 is 10.0 Å². The molecule has 7 heteroatoms. The van der Waals surface area contributed by atoms with Gasteiger partial charge in [-0.3, -0.25) is 9.59 Å². The number of Topliss-reactive ketones (excluding diaryl/α,β-unsaturated/α-hetero) is 1. The number of nitrogens with zero attached hydrogens (tertiary/aromatic N) is 2. The molecule has 2 aliphatic rings. The lowest BCUT2D eigenvalue weighted by Crippen LogP contribution is -2.48. The van der Waals surface area contributed by atoms with Crippen LogP contribution in [-0.2, 0) is 21.2 Å². The number of para-hydroxylation sites is 1. The molecule has 164 valence electrons. The summed E-state index contributed by atoms with van der Waals surface area (Å²) < 4.78 is 27.6. The fourth-order valence-corrected chi connectivity index (χ4v) is 6.10. The largest absolute Gasteiger partial charge is 0.309 e. The summed E-state index contributed by atoms with van der Waals surface area (Å²) in [5.74, 6) is -0.267. The smallest absolute Gasteiger partial charge is 0.243 e. The maximum absolute atomic E-state index is 13.4. The Morgan fingerprint density at radius 3 is 2.39 bits per heavy atom. The molecule has 0 spiro atoms. The average Bonchev–Trinajstić information content (AvgIpc) is 2.78. The first kappa shape index (κ1) is 21.7. The number of amides is 1. The van der Waals surface area contributed by atoms with Crippen LogP contribution in [0.2, 0.25) is 0 Å². The van der Waals surface area contributed by atoms with Gasteiger partial charge >= 0.3 is 0 Å². The molecule has 2 aromatic rings. The number of rotatable bonds is 4. The van der Waals surface area contributed by atoms with E-state index in [1.807, 2.05) is 23.1 Å². The Morgan fingerprint density at radius 2 is 1.68 bits per heavy atom. The molecule has 1 saturated heterocycles. The molecule has 6 nitrogen and oxygen atoms in total. The van der Waals surface area contributed by atoms with E-state index in [1.165, 1.54) is 28.9 Å². The first-order valence-electron chi connectivity index (χ1n) is 10.8. The lowest BCUT2D eigenvalue weighted by molar-refractivity contribution is -0.124. The van der Waals surface area contributed by atoms with Crippen molar-refractivity contribution in [2.24, 2.45) is 5.92 Å². The van der Waals surface area contributed by atoms with Crippen molar-refractivity contribution in [1.82, 2.24) is 4.31 Å². The molecule has 1 unspecified atom stereocenters. The molecule has 0 bridgehead atoms. The standard InChI is InChI=1S/C24H28N2O4S/c1-17-10-11-19-6-3-4-9-23(19)26(17)24(28)20-12-14-25(15-13-20)31(29,30)22-8-5-7-21(16-22)18(2)27/h3-9,16-17,20H,10-15H2,1-2H3. The van der Waals surface area contributed by atoms with Gasteiger partial charge in [0.1, 0.15) is 0 Å². The summed E-state index contributed by atoms with van der Waals surface area (Å²) in [6.45, 7) is 4.10. The Kier molecular flexibility index (Phi) is 5.99. The number of ketones is 1. The van der Waals surface area contributed by atoms with Gasteiger partial charge in [0.2, 0.25) is 15.9 Å². The summed E-state index contributed by atoms with van der Waals surface area (Å²) in [7, 11) is -3.70. The molecular weight excluding hydrogens is 412 g/mol. The predicted octanol–water partition coefficient (Wildman–Crippen LogP) is 3.66. The number of sulfonamides is 1. The molecule has 2 aliphatic heterocycles. The lowest BCUT2D eigenvalue weighted by atomic mass is 9.91. The van der Waals surface area contributed by atoms with E-state index in [-0.39, 0.29) is 28.5 Å². The van der Waals surface area contributed by atoms with Crippen molar-refractivity contribution in [2.75, 3.05) is 18.0 Å². The quantitative estimate of drug-likeness (QED) is 0.680. The molecule has 0 radical (unpaired) electrons. The number of anilines is 1. The highest BCUT2D eigenvalue weighted by Gasteiger charge is 2.37. The van der Waals surface area contributed by atoms with Gasteiger partial charge in [0.15, 0.2) is 5.78 Å². The number of carbonyl (C=O) groups excluding carboxylic acids is 2. The van der Waals surface area contributed by atoms with Crippen molar-refractivity contribution >= 4 is 27.4 Å². The summed E-state index contributed by atoms with van der Waals surface area (Å²) in [6.07, 6.45) is 2.89. The van der Waals surface area contributed by atoms with Crippen molar-refractivity contribution in [3.63, 3.8) is 0 Å². The molecule has 4 rings (SSSR count).